The minimum Gasteiger partial charge on any atom is -0.382 e. The van der Waals surface area contributed by atoms with E-state index in [1.165, 1.54) is 0 Å². The van der Waals surface area contributed by atoms with Crippen molar-refractivity contribution in [3.05, 3.63) is 47.2 Å². The van der Waals surface area contributed by atoms with E-state index in [0.717, 1.165) is 16.3 Å². The van der Waals surface area contributed by atoms with Gasteiger partial charge in [-0.15, -0.1) is 5.11 Å². The summed E-state index contributed by atoms with van der Waals surface area (Å²) in [7, 11) is 0. The van der Waals surface area contributed by atoms with Crippen LogP contribution in [0.3, 0.4) is 0 Å². The fraction of sp³-hybridized carbons (Fsp3) is 0.0667. The molecule has 0 bridgehead atoms. The molecule has 0 atom stereocenters. The molecule has 0 aliphatic carbocycles. The molecule has 8 nitrogen and oxygen atoms in total. The first kappa shape index (κ1) is 13.3. The van der Waals surface area contributed by atoms with Crippen LogP contribution in [0, 0.1) is 0 Å². The molecule has 0 fully saturated rings. The Labute approximate surface area is 130 Å². The number of hydrogen-bond donors (Lipinski definition) is 2. The number of nitrogens with two attached hydrogens (primary N) is 1. The molecule has 1 aliphatic heterocycles. The maximum Gasteiger partial charge on any atom is 0.184 e. The monoisotopic (exact) mass is 307 g/mol. The average Bonchev–Trinajstić information content (AvgIpc) is 3.19. The second-order valence-electron chi connectivity index (χ2n) is 4.98. The van der Waals surface area contributed by atoms with Gasteiger partial charge >= 0.3 is 0 Å². The zero-order valence-electron chi connectivity index (χ0n) is 12.0. The summed E-state index contributed by atoms with van der Waals surface area (Å²) in [5.41, 5.74) is 7.92. The lowest BCUT2D eigenvalue weighted by Gasteiger charge is -2.17. The third-order valence-corrected chi connectivity index (χ3v) is 3.44. The highest BCUT2D eigenvalue weighted by molar-refractivity contribution is 5.78. The molecule has 1 aromatic carbocycles. The van der Waals surface area contributed by atoms with Gasteiger partial charge in [-0.3, -0.25) is 5.10 Å². The Kier molecular flexibility index (Phi) is 3.12. The number of rotatable bonds is 3. The number of nitrogens with zero attached hydrogens (tertiary/aromatic N) is 5. The molecule has 8 heteroatoms. The average molecular weight is 307 g/mol. The molecule has 0 saturated heterocycles. The number of hydrogen-bond acceptors (Lipinski definition) is 7. The van der Waals surface area contributed by atoms with Crippen LogP contribution in [0.15, 0.2) is 51.3 Å². The first-order valence-electron chi connectivity index (χ1n) is 7.01. The standard InChI is InChI=1S/C15H13N7O/c16-14-13(19-18-11-4-2-1-3-5-11)15(21-20-14)22-7-6-12-10(9-22)8-17-23-12/h1-6,8-9H,7H2,(H3,16,20,21). The van der Waals surface area contributed by atoms with E-state index in [1.54, 1.807) is 6.20 Å². The molecule has 0 unspecified atom stereocenters. The first-order valence-corrected chi connectivity index (χ1v) is 7.01. The van der Waals surface area contributed by atoms with Crippen LogP contribution in [-0.2, 0) is 0 Å². The second kappa shape index (κ2) is 5.41. The van der Waals surface area contributed by atoms with E-state index in [2.05, 4.69) is 25.6 Å². The minimum atomic E-state index is 0.365. The molecule has 4 rings (SSSR count). The van der Waals surface area contributed by atoms with Gasteiger partial charge in [0.25, 0.3) is 0 Å². The molecule has 0 radical (unpaired) electrons. The van der Waals surface area contributed by atoms with Crippen LogP contribution < -0.4 is 21.3 Å². The third-order valence-electron chi connectivity index (χ3n) is 3.44. The van der Waals surface area contributed by atoms with Crippen molar-refractivity contribution in [1.82, 2.24) is 15.4 Å². The van der Waals surface area contributed by atoms with Crippen molar-refractivity contribution in [3.8, 4) is 0 Å². The molecular formula is C15H13N7O. The maximum atomic E-state index is 5.93. The lowest BCUT2D eigenvalue weighted by Crippen LogP contribution is -2.33. The summed E-state index contributed by atoms with van der Waals surface area (Å²) in [6.07, 6.45) is 5.47. The van der Waals surface area contributed by atoms with Gasteiger partial charge in [-0.2, -0.15) is 10.2 Å². The first-order chi connectivity index (χ1) is 11.3. The lowest BCUT2D eigenvalue weighted by atomic mass is 10.3. The topological polar surface area (TPSA) is 109 Å². The Morgan fingerprint density at radius 3 is 2.96 bits per heavy atom. The summed E-state index contributed by atoms with van der Waals surface area (Å²) in [5.74, 6) is 0.967. The number of aromatic nitrogens is 3. The highest BCUT2D eigenvalue weighted by Gasteiger charge is 2.18. The molecule has 0 amide bonds. The number of H-pyrrole nitrogens is 1. The van der Waals surface area contributed by atoms with Gasteiger partial charge in [0.2, 0.25) is 0 Å². The molecule has 2 aromatic heterocycles. The van der Waals surface area contributed by atoms with Crippen LogP contribution in [0.5, 0.6) is 0 Å². The number of fused-ring (bicyclic) bond motifs is 1. The molecule has 0 spiro atoms. The highest BCUT2D eigenvalue weighted by Crippen LogP contribution is 2.33. The van der Waals surface area contributed by atoms with Crippen LogP contribution in [0.25, 0.3) is 12.3 Å². The van der Waals surface area contributed by atoms with Gasteiger partial charge in [0.05, 0.1) is 17.1 Å². The van der Waals surface area contributed by atoms with Crippen LogP contribution in [0.4, 0.5) is 23.0 Å². The predicted octanol–water partition coefficient (Wildman–Crippen LogP) is 1.43. The normalized spacial score (nSPS) is 13.7. The Morgan fingerprint density at radius 2 is 2.09 bits per heavy atom. The quantitative estimate of drug-likeness (QED) is 0.712. The van der Waals surface area contributed by atoms with Gasteiger partial charge < -0.3 is 15.2 Å². The van der Waals surface area contributed by atoms with Gasteiger partial charge in [0, 0.05) is 12.7 Å². The van der Waals surface area contributed by atoms with E-state index < -0.39 is 0 Å². The van der Waals surface area contributed by atoms with E-state index in [-0.39, 0.29) is 0 Å². The zero-order chi connectivity index (χ0) is 15.6. The Morgan fingerprint density at radius 1 is 1.22 bits per heavy atom. The van der Waals surface area contributed by atoms with Crippen molar-refractivity contribution in [2.45, 2.75) is 0 Å². The number of nitrogens with one attached hydrogen (secondary N) is 1. The van der Waals surface area contributed by atoms with Crippen molar-refractivity contribution in [3.63, 3.8) is 0 Å². The van der Waals surface area contributed by atoms with Crippen molar-refractivity contribution in [2.24, 2.45) is 10.2 Å². The summed E-state index contributed by atoms with van der Waals surface area (Å²) in [4.78, 5) is 1.91. The van der Waals surface area contributed by atoms with Crippen LogP contribution in [0.1, 0.15) is 0 Å². The summed E-state index contributed by atoms with van der Waals surface area (Å²) in [6, 6.07) is 9.45. The summed E-state index contributed by atoms with van der Waals surface area (Å²) in [6.45, 7) is 0.584. The van der Waals surface area contributed by atoms with E-state index in [0.29, 0.717) is 23.9 Å². The molecule has 0 saturated carbocycles. The van der Waals surface area contributed by atoms with Crippen molar-refractivity contribution in [2.75, 3.05) is 17.2 Å². The summed E-state index contributed by atoms with van der Waals surface area (Å²) in [5, 5.41) is 20.1. The molecule has 3 aromatic rings. The van der Waals surface area contributed by atoms with Gasteiger partial charge in [0.1, 0.15) is 5.82 Å². The fourth-order valence-electron chi connectivity index (χ4n) is 2.30. The third kappa shape index (κ3) is 2.46. The van der Waals surface area contributed by atoms with Crippen molar-refractivity contribution in [1.29, 1.82) is 0 Å². The van der Waals surface area contributed by atoms with Gasteiger partial charge in [-0.25, -0.2) is 0 Å². The highest BCUT2D eigenvalue weighted by atomic mass is 16.5. The molecule has 3 heterocycles. The number of anilines is 2. The Bertz CT molecular complexity index is 971. The summed E-state index contributed by atoms with van der Waals surface area (Å²) < 4.78 is 5.12. The van der Waals surface area contributed by atoms with Crippen LogP contribution in [0.2, 0.25) is 0 Å². The summed E-state index contributed by atoms with van der Waals surface area (Å²) >= 11 is 0. The number of aromatic amines is 1. The molecule has 114 valence electrons. The predicted molar refractivity (Wildman–Crippen MR) is 85.6 cm³/mol. The molecule has 23 heavy (non-hydrogen) atoms. The lowest BCUT2D eigenvalue weighted by molar-refractivity contribution is 0.393. The van der Waals surface area contributed by atoms with Crippen molar-refractivity contribution < 1.29 is 4.52 Å². The van der Waals surface area contributed by atoms with E-state index >= 15 is 0 Å². The Hall–Kier alpha value is -3.42. The number of benzene rings is 1. The fourth-order valence-corrected chi connectivity index (χ4v) is 2.30. The second-order valence-corrected chi connectivity index (χ2v) is 4.98. The van der Waals surface area contributed by atoms with Crippen LogP contribution >= 0.6 is 0 Å². The van der Waals surface area contributed by atoms with Gasteiger partial charge in [0.15, 0.2) is 16.9 Å². The van der Waals surface area contributed by atoms with E-state index in [4.69, 9.17) is 10.3 Å². The SMILES string of the molecule is Nc1[nH]nc(N2C=c3cnoc3=CC2)c1N=Nc1ccccc1. The van der Waals surface area contributed by atoms with Crippen LogP contribution in [-0.4, -0.2) is 21.9 Å². The smallest absolute Gasteiger partial charge is 0.184 e. The van der Waals surface area contributed by atoms with Gasteiger partial charge in [-0.1, -0.05) is 23.4 Å². The Balaban J connectivity index is 1.70. The van der Waals surface area contributed by atoms with Crippen molar-refractivity contribution >= 4 is 35.3 Å². The molecule has 3 N–H and O–H groups in total. The minimum absolute atomic E-state index is 0.365. The zero-order valence-corrected chi connectivity index (χ0v) is 12.0. The maximum absolute atomic E-state index is 5.93. The molecule has 1 aliphatic rings. The van der Waals surface area contributed by atoms with E-state index in [1.807, 2.05) is 47.5 Å². The largest absolute Gasteiger partial charge is 0.382 e. The van der Waals surface area contributed by atoms with E-state index in [9.17, 15) is 0 Å². The number of azo groups is 1. The molecular weight excluding hydrogens is 294 g/mol. The van der Waals surface area contributed by atoms with Gasteiger partial charge in [-0.05, 0) is 18.2 Å². The number of nitrogen functional groups attached to an aromatic ring is 1.